The molecule has 0 unspecified atom stereocenters. The van der Waals surface area contributed by atoms with Gasteiger partial charge in [-0.3, -0.25) is 0 Å². The zero-order chi connectivity index (χ0) is 18.9. The van der Waals surface area contributed by atoms with Gasteiger partial charge < -0.3 is 9.47 Å². The van der Waals surface area contributed by atoms with E-state index in [0.29, 0.717) is 0 Å². The molecule has 0 bridgehead atoms. The van der Waals surface area contributed by atoms with Crippen molar-refractivity contribution in [3.05, 3.63) is 23.8 Å². The third-order valence-corrected chi connectivity index (χ3v) is 4.88. The largest absolute Gasteiger partial charge is 0.493 e. The first-order valence-electron chi connectivity index (χ1n) is 11.2. The van der Waals surface area contributed by atoms with Gasteiger partial charge in [0, 0.05) is 5.56 Å². The van der Waals surface area contributed by atoms with Crippen LogP contribution in [0.3, 0.4) is 0 Å². The normalized spacial score (nSPS) is 10.9. The zero-order valence-electron chi connectivity index (χ0n) is 17.7. The first-order valence-corrected chi connectivity index (χ1v) is 11.2. The fourth-order valence-corrected chi connectivity index (χ4v) is 3.21. The second-order valence-electron chi connectivity index (χ2n) is 7.36. The molecule has 0 amide bonds. The van der Waals surface area contributed by atoms with Gasteiger partial charge in [-0.1, -0.05) is 84.6 Å². The lowest BCUT2D eigenvalue weighted by Crippen LogP contribution is -2.05. The summed E-state index contributed by atoms with van der Waals surface area (Å²) in [5.74, 6) is 2.09. The van der Waals surface area contributed by atoms with E-state index in [1.165, 1.54) is 69.8 Å². The first kappa shape index (κ1) is 22.9. The third-order valence-electron chi connectivity index (χ3n) is 4.88. The van der Waals surface area contributed by atoms with Crippen LogP contribution in [0.1, 0.15) is 103 Å². The average molecular weight is 363 g/mol. The Hall–Kier alpha value is -1.18. The highest BCUT2D eigenvalue weighted by Gasteiger charge is 2.11. The summed E-state index contributed by atoms with van der Waals surface area (Å²) in [4.78, 5) is 0. The predicted octanol–water partition coefficient (Wildman–Crippen LogP) is 7.73. The van der Waals surface area contributed by atoms with Crippen molar-refractivity contribution in [2.24, 2.45) is 0 Å². The molecule has 2 nitrogen and oxygen atoms in total. The molecule has 150 valence electrons. The highest BCUT2D eigenvalue weighted by molar-refractivity contribution is 5.45. The molecule has 2 heteroatoms. The maximum absolute atomic E-state index is 6.15. The molecule has 0 aliphatic heterocycles. The van der Waals surface area contributed by atoms with Crippen LogP contribution < -0.4 is 9.47 Å². The lowest BCUT2D eigenvalue weighted by atomic mass is 10.0. The van der Waals surface area contributed by atoms with E-state index in [0.717, 1.165) is 44.0 Å². The van der Waals surface area contributed by atoms with E-state index in [9.17, 15) is 0 Å². The molecule has 1 aromatic carbocycles. The molecule has 0 spiro atoms. The van der Waals surface area contributed by atoms with E-state index in [-0.39, 0.29) is 0 Å². The van der Waals surface area contributed by atoms with Crippen molar-refractivity contribution in [3.8, 4) is 11.5 Å². The van der Waals surface area contributed by atoms with Crippen molar-refractivity contribution >= 4 is 0 Å². The van der Waals surface area contributed by atoms with Crippen LogP contribution in [0.5, 0.6) is 11.5 Å². The highest BCUT2D eigenvalue weighted by Crippen LogP contribution is 2.31. The standard InChI is InChI=1S/C24H42O2/c1-4-7-10-13-17-22-23(25-20-14-11-8-5-2)18-16-19-24(22)26-21-15-12-9-6-3/h16,18-19H,4-15,17,20-21H2,1-3H3. The van der Waals surface area contributed by atoms with Crippen molar-refractivity contribution in [3.63, 3.8) is 0 Å². The Morgan fingerprint density at radius 2 is 1.04 bits per heavy atom. The van der Waals surface area contributed by atoms with Crippen molar-refractivity contribution in [1.82, 2.24) is 0 Å². The van der Waals surface area contributed by atoms with Crippen molar-refractivity contribution in [1.29, 1.82) is 0 Å². The summed E-state index contributed by atoms with van der Waals surface area (Å²) >= 11 is 0. The van der Waals surface area contributed by atoms with Gasteiger partial charge in [-0.05, 0) is 37.8 Å². The van der Waals surface area contributed by atoms with E-state index in [1.807, 2.05) is 0 Å². The Bertz CT molecular complexity index is 410. The molecule has 0 aromatic heterocycles. The molecule has 0 saturated heterocycles. The summed E-state index contributed by atoms with van der Waals surface area (Å²) in [7, 11) is 0. The quantitative estimate of drug-likeness (QED) is 0.264. The fraction of sp³-hybridized carbons (Fsp3) is 0.750. The molecular formula is C24H42O2. The van der Waals surface area contributed by atoms with Crippen LogP contribution in [0.4, 0.5) is 0 Å². The van der Waals surface area contributed by atoms with Crippen molar-refractivity contribution < 1.29 is 9.47 Å². The number of unbranched alkanes of at least 4 members (excludes halogenated alkanes) is 9. The van der Waals surface area contributed by atoms with Crippen LogP contribution in [0, 0.1) is 0 Å². The van der Waals surface area contributed by atoms with Gasteiger partial charge >= 0.3 is 0 Å². The van der Waals surface area contributed by atoms with Gasteiger partial charge in [0.15, 0.2) is 0 Å². The SMILES string of the molecule is CCCCCCOc1cccc(OCCCCCC)c1CCCCCC. The second-order valence-corrected chi connectivity index (χ2v) is 7.36. The molecule has 0 N–H and O–H groups in total. The van der Waals surface area contributed by atoms with E-state index in [1.54, 1.807) is 0 Å². The Kier molecular flexibility index (Phi) is 14.1. The van der Waals surface area contributed by atoms with Gasteiger partial charge in [0.1, 0.15) is 11.5 Å². The number of hydrogen-bond donors (Lipinski definition) is 0. The summed E-state index contributed by atoms with van der Waals surface area (Å²) in [6.45, 7) is 8.40. The molecule has 0 atom stereocenters. The van der Waals surface area contributed by atoms with Gasteiger partial charge in [0.25, 0.3) is 0 Å². The number of hydrogen-bond acceptors (Lipinski definition) is 2. The summed E-state index contributed by atoms with van der Waals surface area (Å²) in [5, 5.41) is 0. The predicted molar refractivity (Wildman–Crippen MR) is 114 cm³/mol. The average Bonchev–Trinajstić information content (AvgIpc) is 2.66. The van der Waals surface area contributed by atoms with Crippen LogP contribution in [0.25, 0.3) is 0 Å². The van der Waals surface area contributed by atoms with Crippen molar-refractivity contribution in [2.45, 2.75) is 104 Å². The number of ether oxygens (including phenoxy) is 2. The Labute approximate surface area is 162 Å². The molecule has 26 heavy (non-hydrogen) atoms. The van der Waals surface area contributed by atoms with Crippen LogP contribution in [-0.4, -0.2) is 13.2 Å². The molecule has 0 aliphatic rings. The maximum Gasteiger partial charge on any atom is 0.126 e. The van der Waals surface area contributed by atoms with E-state index in [4.69, 9.17) is 9.47 Å². The molecular weight excluding hydrogens is 320 g/mol. The lowest BCUT2D eigenvalue weighted by molar-refractivity contribution is 0.284. The van der Waals surface area contributed by atoms with Gasteiger partial charge in [-0.2, -0.15) is 0 Å². The van der Waals surface area contributed by atoms with Gasteiger partial charge in [-0.25, -0.2) is 0 Å². The Morgan fingerprint density at radius 3 is 1.50 bits per heavy atom. The minimum Gasteiger partial charge on any atom is -0.493 e. The Morgan fingerprint density at radius 1 is 0.577 bits per heavy atom. The molecule has 0 fully saturated rings. The molecule has 0 aliphatic carbocycles. The smallest absolute Gasteiger partial charge is 0.126 e. The molecule has 0 heterocycles. The maximum atomic E-state index is 6.15. The molecule has 0 saturated carbocycles. The third kappa shape index (κ3) is 10.1. The fourth-order valence-electron chi connectivity index (χ4n) is 3.21. The minimum atomic E-state index is 0.821. The second kappa shape index (κ2) is 16.0. The minimum absolute atomic E-state index is 0.821. The van der Waals surface area contributed by atoms with Gasteiger partial charge in [-0.15, -0.1) is 0 Å². The van der Waals surface area contributed by atoms with E-state index < -0.39 is 0 Å². The van der Waals surface area contributed by atoms with E-state index >= 15 is 0 Å². The van der Waals surface area contributed by atoms with Crippen LogP contribution in [-0.2, 0) is 6.42 Å². The van der Waals surface area contributed by atoms with Crippen LogP contribution in [0.2, 0.25) is 0 Å². The summed E-state index contributed by atoms with van der Waals surface area (Å²) in [6, 6.07) is 6.33. The summed E-state index contributed by atoms with van der Waals surface area (Å²) in [6.07, 6.45) is 16.1. The lowest BCUT2D eigenvalue weighted by Gasteiger charge is -2.16. The first-order chi connectivity index (χ1) is 12.8. The zero-order valence-corrected chi connectivity index (χ0v) is 17.7. The number of rotatable bonds is 17. The summed E-state index contributed by atoms with van der Waals surface area (Å²) < 4.78 is 12.3. The van der Waals surface area contributed by atoms with Crippen LogP contribution in [0.15, 0.2) is 18.2 Å². The van der Waals surface area contributed by atoms with Crippen LogP contribution >= 0.6 is 0 Å². The highest BCUT2D eigenvalue weighted by atomic mass is 16.5. The van der Waals surface area contributed by atoms with Gasteiger partial charge in [0.2, 0.25) is 0 Å². The monoisotopic (exact) mass is 362 g/mol. The van der Waals surface area contributed by atoms with Crippen molar-refractivity contribution in [2.75, 3.05) is 13.2 Å². The van der Waals surface area contributed by atoms with E-state index in [2.05, 4.69) is 39.0 Å². The Balaban J connectivity index is 2.61. The molecule has 0 radical (unpaired) electrons. The molecule has 1 rings (SSSR count). The number of benzene rings is 1. The topological polar surface area (TPSA) is 18.5 Å². The molecule has 1 aromatic rings. The summed E-state index contributed by atoms with van der Waals surface area (Å²) in [5.41, 5.74) is 1.29. The van der Waals surface area contributed by atoms with Gasteiger partial charge in [0.05, 0.1) is 13.2 Å².